The van der Waals surface area contributed by atoms with Crippen molar-refractivity contribution in [2.24, 2.45) is 0 Å². The van der Waals surface area contributed by atoms with E-state index in [1.807, 2.05) is 0 Å². The highest BCUT2D eigenvalue weighted by molar-refractivity contribution is 5.21. The fraction of sp³-hybridized carbons (Fsp3) is 0.500. The van der Waals surface area contributed by atoms with Crippen molar-refractivity contribution in [3.63, 3.8) is 0 Å². The Labute approximate surface area is 72.7 Å². The molecule has 5 heteroatoms. The van der Waals surface area contributed by atoms with Crippen LogP contribution in [0.1, 0.15) is 13.3 Å². The van der Waals surface area contributed by atoms with Crippen LogP contribution in [0.2, 0.25) is 0 Å². The van der Waals surface area contributed by atoms with Gasteiger partial charge in [-0.05, 0) is 13.0 Å². The van der Waals surface area contributed by atoms with Crippen molar-refractivity contribution < 1.29 is 22.3 Å². The van der Waals surface area contributed by atoms with Crippen molar-refractivity contribution >= 4 is 0 Å². The molecule has 0 radical (unpaired) electrons. The van der Waals surface area contributed by atoms with Crippen LogP contribution in [0, 0.1) is 0 Å². The molecule has 0 saturated carbocycles. The number of halogens is 4. The van der Waals surface area contributed by atoms with E-state index in [2.05, 4.69) is 4.74 Å². The molecule has 1 nitrogen and oxygen atoms in total. The first kappa shape index (κ1) is 10.2. The standard InChI is InChI=1S/C8H8F4O/c1-6-3-2-4-7(9,5-6)13-8(10,11)12/h2-4H,5H2,1H3. The summed E-state index contributed by atoms with van der Waals surface area (Å²) in [7, 11) is 0. The molecule has 0 saturated heterocycles. The van der Waals surface area contributed by atoms with E-state index in [1.165, 1.54) is 19.1 Å². The first-order valence-corrected chi connectivity index (χ1v) is 3.62. The molecule has 0 spiro atoms. The smallest absolute Gasteiger partial charge is 0.250 e. The number of alkyl halides is 4. The summed E-state index contributed by atoms with van der Waals surface area (Å²) in [5, 5.41) is 0. The second-order valence-electron chi connectivity index (χ2n) is 2.88. The molecule has 0 aromatic heterocycles. The van der Waals surface area contributed by atoms with Crippen molar-refractivity contribution in [2.75, 3.05) is 0 Å². The minimum atomic E-state index is -4.95. The maximum Gasteiger partial charge on any atom is 0.525 e. The number of hydrogen-bond acceptors (Lipinski definition) is 1. The minimum absolute atomic E-state index is 0.386. The molecule has 0 bridgehead atoms. The molecule has 0 aliphatic heterocycles. The summed E-state index contributed by atoms with van der Waals surface area (Å²) < 4.78 is 51.7. The predicted molar refractivity (Wildman–Crippen MR) is 38.5 cm³/mol. The SMILES string of the molecule is CC1=CC=CC(F)(OC(F)(F)F)C1. The Hall–Kier alpha value is -0.840. The molecule has 1 rings (SSSR count). The van der Waals surface area contributed by atoms with Crippen LogP contribution < -0.4 is 0 Å². The zero-order valence-electron chi connectivity index (χ0n) is 6.86. The summed E-state index contributed by atoms with van der Waals surface area (Å²) >= 11 is 0. The summed E-state index contributed by atoms with van der Waals surface area (Å²) in [4.78, 5) is 0. The van der Waals surface area contributed by atoms with Gasteiger partial charge in [0, 0.05) is 6.42 Å². The van der Waals surface area contributed by atoms with Crippen LogP contribution in [-0.2, 0) is 4.74 Å². The molecule has 0 aromatic rings. The van der Waals surface area contributed by atoms with Crippen LogP contribution in [0.15, 0.2) is 23.8 Å². The third-order valence-electron chi connectivity index (χ3n) is 1.53. The van der Waals surface area contributed by atoms with E-state index in [9.17, 15) is 17.6 Å². The molecule has 1 atom stereocenters. The summed E-state index contributed by atoms with van der Waals surface area (Å²) in [5.41, 5.74) is 0.509. The van der Waals surface area contributed by atoms with Gasteiger partial charge in [-0.2, -0.15) is 0 Å². The molecule has 0 N–H and O–H groups in total. The van der Waals surface area contributed by atoms with E-state index in [1.54, 1.807) is 0 Å². The van der Waals surface area contributed by atoms with Crippen LogP contribution >= 0.6 is 0 Å². The van der Waals surface area contributed by atoms with Gasteiger partial charge < -0.3 is 0 Å². The van der Waals surface area contributed by atoms with Crippen molar-refractivity contribution in [3.8, 4) is 0 Å². The van der Waals surface area contributed by atoms with E-state index in [4.69, 9.17) is 0 Å². The molecule has 0 heterocycles. The van der Waals surface area contributed by atoms with E-state index < -0.39 is 12.2 Å². The highest BCUT2D eigenvalue weighted by Crippen LogP contribution is 2.34. The lowest BCUT2D eigenvalue weighted by atomic mass is 10.0. The van der Waals surface area contributed by atoms with Gasteiger partial charge in [0.15, 0.2) is 0 Å². The van der Waals surface area contributed by atoms with Crippen LogP contribution in [-0.4, -0.2) is 12.2 Å². The van der Waals surface area contributed by atoms with Crippen molar-refractivity contribution in [1.82, 2.24) is 0 Å². The molecular formula is C8H8F4O. The van der Waals surface area contributed by atoms with Crippen LogP contribution in [0.4, 0.5) is 17.6 Å². The molecule has 1 aliphatic carbocycles. The third kappa shape index (κ3) is 3.18. The van der Waals surface area contributed by atoms with Gasteiger partial charge in [0.2, 0.25) is 5.85 Å². The molecule has 0 amide bonds. The number of ether oxygens (including phenoxy) is 1. The Bertz CT molecular complexity index is 253. The quantitative estimate of drug-likeness (QED) is 0.585. The normalized spacial score (nSPS) is 28.8. The highest BCUT2D eigenvalue weighted by Gasteiger charge is 2.43. The van der Waals surface area contributed by atoms with Gasteiger partial charge in [-0.15, -0.1) is 13.2 Å². The monoisotopic (exact) mass is 196 g/mol. The Morgan fingerprint density at radius 3 is 2.54 bits per heavy atom. The Morgan fingerprint density at radius 1 is 1.46 bits per heavy atom. The zero-order valence-corrected chi connectivity index (χ0v) is 6.86. The average Bonchev–Trinajstić information content (AvgIpc) is 1.79. The topological polar surface area (TPSA) is 9.23 Å². The first-order chi connectivity index (χ1) is 5.81. The lowest BCUT2D eigenvalue weighted by molar-refractivity contribution is -0.380. The summed E-state index contributed by atoms with van der Waals surface area (Å²) in [6, 6.07) is 0. The van der Waals surface area contributed by atoms with E-state index >= 15 is 0 Å². The van der Waals surface area contributed by atoms with Gasteiger partial charge in [0.25, 0.3) is 0 Å². The van der Waals surface area contributed by atoms with Gasteiger partial charge in [0.1, 0.15) is 0 Å². The summed E-state index contributed by atoms with van der Waals surface area (Å²) in [5.74, 6) is -2.74. The largest absolute Gasteiger partial charge is 0.525 e. The Balaban J connectivity index is 2.69. The van der Waals surface area contributed by atoms with Crippen LogP contribution in [0.5, 0.6) is 0 Å². The second-order valence-corrected chi connectivity index (χ2v) is 2.88. The molecule has 0 fully saturated rings. The highest BCUT2D eigenvalue weighted by atomic mass is 19.4. The fourth-order valence-corrected chi connectivity index (χ4v) is 1.12. The van der Waals surface area contributed by atoms with Gasteiger partial charge in [0.05, 0.1) is 0 Å². The second kappa shape index (κ2) is 3.14. The molecule has 13 heavy (non-hydrogen) atoms. The number of hydrogen-bond donors (Lipinski definition) is 0. The Kier molecular flexibility index (Phi) is 2.47. The van der Waals surface area contributed by atoms with Crippen molar-refractivity contribution in [2.45, 2.75) is 25.6 Å². The summed E-state index contributed by atoms with van der Waals surface area (Å²) in [6.07, 6.45) is -1.82. The third-order valence-corrected chi connectivity index (χ3v) is 1.53. The maximum absolute atomic E-state index is 13.2. The van der Waals surface area contributed by atoms with E-state index in [-0.39, 0.29) is 6.42 Å². The van der Waals surface area contributed by atoms with Gasteiger partial charge in [-0.1, -0.05) is 17.7 Å². The predicted octanol–water partition coefficient (Wildman–Crippen LogP) is 3.09. The van der Waals surface area contributed by atoms with Crippen molar-refractivity contribution in [1.29, 1.82) is 0 Å². The number of allylic oxidation sites excluding steroid dienone is 2. The van der Waals surface area contributed by atoms with Crippen molar-refractivity contribution in [3.05, 3.63) is 23.8 Å². The summed E-state index contributed by atoms with van der Waals surface area (Å²) in [6.45, 7) is 1.54. The Morgan fingerprint density at radius 2 is 2.08 bits per heavy atom. The molecule has 0 aromatic carbocycles. The van der Waals surface area contributed by atoms with Gasteiger partial charge >= 0.3 is 6.36 Å². The first-order valence-electron chi connectivity index (χ1n) is 3.62. The molecule has 74 valence electrons. The maximum atomic E-state index is 13.2. The molecule has 1 aliphatic rings. The van der Waals surface area contributed by atoms with Crippen LogP contribution in [0.3, 0.4) is 0 Å². The zero-order chi connectivity index (χ0) is 10.1. The minimum Gasteiger partial charge on any atom is -0.250 e. The van der Waals surface area contributed by atoms with Crippen LogP contribution in [0.25, 0.3) is 0 Å². The lowest BCUT2D eigenvalue weighted by Crippen LogP contribution is -2.33. The average molecular weight is 196 g/mol. The number of rotatable bonds is 1. The lowest BCUT2D eigenvalue weighted by Gasteiger charge is -2.25. The molecular weight excluding hydrogens is 188 g/mol. The molecule has 1 unspecified atom stereocenters. The van der Waals surface area contributed by atoms with Gasteiger partial charge in [-0.25, -0.2) is 4.39 Å². The van der Waals surface area contributed by atoms with Gasteiger partial charge in [-0.3, -0.25) is 4.74 Å². The van der Waals surface area contributed by atoms with E-state index in [0.717, 1.165) is 6.08 Å². The fourth-order valence-electron chi connectivity index (χ4n) is 1.12. The van der Waals surface area contributed by atoms with E-state index in [0.29, 0.717) is 5.57 Å².